The first-order valence-electron chi connectivity index (χ1n) is 5.67. The van der Waals surface area contributed by atoms with Crippen LogP contribution in [0.5, 0.6) is 0 Å². The zero-order chi connectivity index (χ0) is 11.5. The molecule has 0 unspecified atom stereocenters. The third-order valence-electron chi connectivity index (χ3n) is 3.05. The van der Waals surface area contributed by atoms with E-state index in [0.29, 0.717) is 11.6 Å². The Morgan fingerprint density at radius 2 is 2.19 bits per heavy atom. The van der Waals surface area contributed by atoms with E-state index in [1.807, 2.05) is 7.05 Å². The standard InChI is InChI=1S/C11H16BrN3O/c1-15-10(12)9(7-13-15)11(16)14-8-5-3-2-4-6-8/h7-8H,2-6H2,1H3,(H,14,16). The third kappa shape index (κ3) is 2.45. The van der Waals surface area contributed by atoms with Gasteiger partial charge in [0, 0.05) is 13.1 Å². The molecule has 5 heteroatoms. The van der Waals surface area contributed by atoms with Crippen LogP contribution >= 0.6 is 15.9 Å². The number of rotatable bonds is 2. The van der Waals surface area contributed by atoms with Crippen LogP contribution in [-0.4, -0.2) is 21.7 Å². The number of hydrogen-bond donors (Lipinski definition) is 1. The summed E-state index contributed by atoms with van der Waals surface area (Å²) in [6.07, 6.45) is 7.54. The number of aromatic nitrogens is 2. The molecule has 1 fully saturated rings. The molecular formula is C11H16BrN3O. The van der Waals surface area contributed by atoms with Crippen LogP contribution in [0.2, 0.25) is 0 Å². The Hall–Kier alpha value is -0.840. The van der Waals surface area contributed by atoms with Crippen molar-refractivity contribution in [2.75, 3.05) is 0 Å². The number of aryl methyl sites for hydroxylation is 1. The second kappa shape index (κ2) is 4.99. The van der Waals surface area contributed by atoms with Gasteiger partial charge in [0.05, 0.1) is 11.8 Å². The van der Waals surface area contributed by atoms with Crippen molar-refractivity contribution in [1.29, 1.82) is 0 Å². The van der Waals surface area contributed by atoms with Gasteiger partial charge in [-0.25, -0.2) is 0 Å². The van der Waals surface area contributed by atoms with Crippen LogP contribution in [0.25, 0.3) is 0 Å². The Morgan fingerprint density at radius 1 is 1.50 bits per heavy atom. The predicted molar refractivity (Wildman–Crippen MR) is 65.2 cm³/mol. The van der Waals surface area contributed by atoms with E-state index in [1.54, 1.807) is 10.9 Å². The summed E-state index contributed by atoms with van der Waals surface area (Å²) in [5.41, 5.74) is 0.619. The molecule has 16 heavy (non-hydrogen) atoms. The zero-order valence-corrected chi connectivity index (χ0v) is 11.0. The lowest BCUT2D eigenvalue weighted by molar-refractivity contribution is 0.0927. The Kier molecular flexibility index (Phi) is 3.63. The molecule has 0 atom stereocenters. The molecule has 1 aliphatic carbocycles. The fourth-order valence-electron chi connectivity index (χ4n) is 2.08. The van der Waals surface area contributed by atoms with Gasteiger partial charge in [-0.2, -0.15) is 5.10 Å². The molecule has 1 aliphatic rings. The van der Waals surface area contributed by atoms with E-state index in [-0.39, 0.29) is 5.91 Å². The van der Waals surface area contributed by atoms with Crippen molar-refractivity contribution in [2.45, 2.75) is 38.1 Å². The van der Waals surface area contributed by atoms with Gasteiger partial charge in [-0.05, 0) is 28.8 Å². The number of halogens is 1. The highest BCUT2D eigenvalue weighted by molar-refractivity contribution is 9.10. The van der Waals surface area contributed by atoms with E-state index in [2.05, 4.69) is 26.3 Å². The van der Waals surface area contributed by atoms with Crippen LogP contribution in [0.1, 0.15) is 42.5 Å². The molecule has 1 amide bonds. The Balaban J connectivity index is 1.99. The maximum absolute atomic E-state index is 12.0. The van der Waals surface area contributed by atoms with Crippen molar-refractivity contribution >= 4 is 21.8 Å². The number of nitrogens with one attached hydrogen (secondary N) is 1. The lowest BCUT2D eigenvalue weighted by Gasteiger charge is -2.22. The van der Waals surface area contributed by atoms with Crippen molar-refractivity contribution in [2.24, 2.45) is 7.05 Å². The minimum Gasteiger partial charge on any atom is -0.349 e. The molecule has 1 aromatic heterocycles. The minimum atomic E-state index is -0.0214. The lowest BCUT2D eigenvalue weighted by atomic mass is 9.95. The maximum atomic E-state index is 12.0. The maximum Gasteiger partial charge on any atom is 0.255 e. The van der Waals surface area contributed by atoms with E-state index in [1.165, 1.54) is 19.3 Å². The first kappa shape index (κ1) is 11.6. The van der Waals surface area contributed by atoms with Gasteiger partial charge in [0.1, 0.15) is 4.60 Å². The summed E-state index contributed by atoms with van der Waals surface area (Å²) < 4.78 is 2.39. The van der Waals surface area contributed by atoms with E-state index < -0.39 is 0 Å². The normalized spacial score (nSPS) is 17.4. The highest BCUT2D eigenvalue weighted by Crippen LogP contribution is 2.19. The van der Waals surface area contributed by atoms with Gasteiger partial charge < -0.3 is 5.32 Å². The summed E-state index contributed by atoms with van der Waals surface area (Å²) in [4.78, 5) is 12.0. The first-order valence-corrected chi connectivity index (χ1v) is 6.46. The van der Waals surface area contributed by atoms with Gasteiger partial charge in [-0.15, -0.1) is 0 Å². The molecule has 1 N–H and O–H groups in total. The van der Waals surface area contributed by atoms with Crippen LogP contribution in [0.4, 0.5) is 0 Å². The largest absolute Gasteiger partial charge is 0.349 e. The van der Waals surface area contributed by atoms with E-state index in [0.717, 1.165) is 17.4 Å². The van der Waals surface area contributed by atoms with Crippen LogP contribution in [0.3, 0.4) is 0 Å². The van der Waals surface area contributed by atoms with Gasteiger partial charge >= 0.3 is 0 Å². The van der Waals surface area contributed by atoms with Gasteiger partial charge in [0.25, 0.3) is 5.91 Å². The van der Waals surface area contributed by atoms with Crippen LogP contribution in [-0.2, 0) is 7.05 Å². The van der Waals surface area contributed by atoms with E-state index >= 15 is 0 Å². The molecule has 0 saturated heterocycles. The van der Waals surface area contributed by atoms with E-state index in [4.69, 9.17) is 0 Å². The Labute approximate surface area is 104 Å². The smallest absolute Gasteiger partial charge is 0.255 e. The lowest BCUT2D eigenvalue weighted by Crippen LogP contribution is -2.36. The van der Waals surface area contributed by atoms with Crippen molar-refractivity contribution in [3.63, 3.8) is 0 Å². The van der Waals surface area contributed by atoms with Gasteiger partial charge in [0.2, 0.25) is 0 Å². The minimum absolute atomic E-state index is 0.0214. The summed E-state index contributed by atoms with van der Waals surface area (Å²) in [6.45, 7) is 0. The second-order valence-corrected chi connectivity index (χ2v) is 5.03. The summed E-state index contributed by atoms with van der Waals surface area (Å²) in [5, 5.41) is 7.11. The van der Waals surface area contributed by atoms with Gasteiger partial charge in [0.15, 0.2) is 0 Å². The zero-order valence-electron chi connectivity index (χ0n) is 9.37. The average molecular weight is 286 g/mol. The number of nitrogens with zero attached hydrogens (tertiary/aromatic N) is 2. The molecule has 4 nitrogen and oxygen atoms in total. The van der Waals surface area contributed by atoms with Crippen molar-refractivity contribution < 1.29 is 4.79 Å². The molecule has 1 aromatic rings. The molecule has 2 rings (SSSR count). The molecule has 1 saturated carbocycles. The van der Waals surface area contributed by atoms with Crippen molar-refractivity contribution in [3.05, 3.63) is 16.4 Å². The fraction of sp³-hybridized carbons (Fsp3) is 0.636. The molecule has 0 aliphatic heterocycles. The first-order chi connectivity index (χ1) is 7.68. The van der Waals surface area contributed by atoms with Gasteiger partial charge in [-0.1, -0.05) is 19.3 Å². The molecule has 0 spiro atoms. The Morgan fingerprint density at radius 3 is 2.75 bits per heavy atom. The summed E-state index contributed by atoms with van der Waals surface area (Å²) in [7, 11) is 1.81. The highest BCUT2D eigenvalue weighted by atomic mass is 79.9. The molecule has 0 bridgehead atoms. The summed E-state index contributed by atoms with van der Waals surface area (Å²) in [6, 6.07) is 0.341. The topological polar surface area (TPSA) is 46.9 Å². The van der Waals surface area contributed by atoms with Crippen LogP contribution in [0.15, 0.2) is 10.8 Å². The second-order valence-electron chi connectivity index (χ2n) is 4.28. The molecule has 0 radical (unpaired) electrons. The average Bonchev–Trinajstić information content (AvgIpc) is 2.61. The molecule has 88 valence electrons. The quantitative estimate of drug-likeness (QED) is 0.906. The summed E-state index contributed by atoms with van der Waals surface area (Å²) >= 11 is 3.36. The predicted octanol–water partition coefficient (Wildman–Crippen LogP) is 2.25. The Bertz CT molecular complexity index is 383. The number of carbonyl (C=O) groups excluding carboxylic acids is 1. The van der Waals surface area contributed by atoms with Crippen LogP contribution < -0.4 is 5.32 Å². The van der Waals surface area contributed by atoms with Crippen molar-refractivity contribution in [3.8, 4) is 0 Å². The fourth-order valence-corrected chi connectivity index (χ4v) is 2.46. The van der Waals surface area contributed by atoms with Gasteiger partial charge in [-0.3, -0.25) is 9.48 Å². The number of hydrogen-bond acceptors (Lipinski definition) is 2. The monoisotopic (exact) mass is 285 g/mol. The SMILES string of the molecule is Cn1ncc(C(=O)NC2CCCCC2)c1Br. The van der Waals surface area contributed by atoms with Crippen LogP contribution in [0, 0.1) is 0 Å². The van der Waals surface area contributed by atoms with E-state index in [9.17, 15) is 4.79 Å². The third-order valence-corrected chi connectivity index (χ3v) is 3.99. The molecule has 1 heterocycles. The number of amides is 1. The van der Waals surface area contributed by atoms with Crippen molar-refractivity contribution in [1.82, 2.24) is 15.1 Å². The molecule has 0 aromatic carbocycles. The number of carbonyl (C=O) groups is 1. The highest BCUT2D eigenvalue weighted by Gasteiger charge is 2.19. The summed E-state index contributed by atoms with van der Waals surface area (Å²) in [5.74, 6) is -0.0214. The molecular weight excluding hydrogens is 270 g/mol.